The number of hydrogen-bond acceptors (Lipinski definition) is 5. The molecule has 6 nitrogen and oxygen atoms in total. The molecule has 0 saturated carbocycles. The summed E-state index contributed by atoms with van der Waals surface area (Å²) in [6.45, 7) is 1.24. The third-order valence-electron chi connectivity index (χ3n) is 3.78. The van der Waals surface area contributed by atoms with Gasteiger partial charge >= 0.3 is 6.01 Å². The molecule has 0 spiro atoms. The molecule has 1 aliphatic rings. The summed E-state index contributed by atoms with van der Waals surface area (Å²) in [7, 11) is 0. The van der Waals surface area contributed by atoms with Gasteiger partial charge in [0.2, 0.25) is 0 Å². The lowest BCUT2D eigenvalue weighted by Crippen LogP contribution is -2.41. The van der Waals surface area contributed by atoms with Gasteiger partial charge < -0.3 is 9.64 Å². The van der Waals surface area contributed by atoms with Gasteiger partial charge in [-0.25, -0.2) is 9.97 Å². The Morgan fingerprint density at radius 3 is 2.65 bits per heavy atom. The summed E-state index contributed by atoms with van der Waals surface area (Å²) in [6, 6.07) is 11.0. The van der Waals surface area contributed by atoms with Crippen LogP contribution in [0.4, 0.5) is 0 Å². The topological polar surface area (TPSA) is 79.1 Å². The molecule has 2 aromatic rings. The second-order valence-corrected chi connectivity index (χ2v) is 5.33. The van der Waals surface area contributed by atoms with Crippen molar-refractivity contribution in [1.82, 2.24) is 14.9 Å². The molecule has 1 aromatic heterocycles. The van der Waals surface area contributed by atoms with Crippen molar-refractivity contribution >= 4 is 5.91 Å². The standard InChI is InChI=1S/C17H16N4O2/c18-12-13-3-1-4-14(11-13)16(22)21-9-5-15(6-10-21)23-17-19-7-2-8-20-17/h1-4,7-8,11,15H,5-6,9-10H2. The Morgan fingerprint density at radius 2 is 1.96 bits per heavy atom. The van der Waals surface area contributed by atoms with Crippen LogP contribution in [0.1, 0.15) is 28.8 Å². The van der Waals surface area contributed by atoms with Gasteiger partial charge in [-0.2, -0.15) is 5.26 Å². The van der Waals surface area contributed by atoms with Crippen LogP contribution in [0.5, 0.6) is 6.01 Å². The predicted molar refractivity (Wildman–Crippen MR) is 82.7 cm³/mol. The molecule has 0 atom stereocenters. The quantitative estimate of drug-likeness (QED) is 0.867. The van der Waals surface area contributed by atoms with E-state index in [0.29, 0.717) is 30.2 Å². The summed E-state index contributed by atoms with van der Waals surface area (Å²) in [5.74, 6) is -0.0449. The van der Waals surface area contributed by atoms with Crippen LogP contribution in [0.3, 0.4) is 0 Å². The molecule has 0 N–H and O–H groups in total. The lowest BCUT2D eigenvalue weighted by molar-refractivity contribution is 0.0578. The van der Waals surface area contributed by atoms with Gasteiger partial charge in [0.1, 0.15) is 6.10 Å². The number of benzene rings is 1. The third-order valence-corrected chi connectivity index (χ3v) is 3.78. The van der Waals surface area contributed by atoms with E-state index in [0.717, 1.165) is 12.8 Å². The molecule has 23 heavy (non-hydrogen) atoms. The lowest BCUT2D eigenvalue weighted by Gasteiger charge is -2.31. The van der Waals surface area contributed by atoms with Crippen LogP contribution >= 0.6 is 0 Å². The Kier molecular flexibility index (Phi) is 4.48. The maximum atomic E-state index is 12.5. The summed E-state index contributed by atoms with van der Waals surface area (Å²) in [5, 5.41) is 8.93. The highest BCUT2D eigenvalue weighted by molar-refractivity contribution is 5.94. The maximum Gasteiger partial charge on any atom is 0.316 e. The van der Waals surface area contributed by atoms with Gasteiger partial charge in [0, 0.05) is 43.9 Å². The first-order valence-electron chi connectivity index (χ1n) is 7.49. The number of amides is 1. The van der Waals surface area contributed by atoms with Crippen LogP contribution in [0.25, 0.3) is 0 Å². The Morgan fingerprint density at radius 1 is 1.22 bits per heavy atom. The largest absolute Gasteiger partial charge is 0.460 e. The Balaban J connectivity index is 1.58. The van der Waals surface area contributed by atoms with E-state index in [1.165, 1.54) is 0 Å². The van der Waals surface area contributed by atoms with Crippen LogP contribution in [0, 0.1) is 11.3 Å². The second-order valence-electron chi connectivity index (χ2n) is 5.33. The summed E-state index contributed by atoms with van der Waals surface area (Å²) in [6.07, 6.45) is 4.78. The van der Waals surface area contributed by atoms with Gasteiger partial charge in [-0.3, -0.25) is 4.79 Å². The van der Waals surface area contributed by atoms with Crippen LogP contribution < -0.4 is 4.74 Å². The Hall–Kier alpha value is -2.94. The number of nitriles is 1. The number of carbonyl (C=O) groups excluding carboxylic acids is 1. The SMILES string of the molecule is N#Cc1cccc(C(=O)N2CCC(Oc3ncccn3)CC2)c1. The van der Waals surface area contributed by atoms with Crippen molar-refractivity contribution in [2.75, 3.05) is 13.1 Å². The number of rotatable bonds is 3. The van der Waals surface area contributed by atoms with E-state index in [4.69, 9.17) is 10.00 Å². The Bertz CT molecular complexity index is 719. The minimum atomic E-state index is -0.0449. The molecule has 1 saturated heterocycles. The molecule has 0 aliphatic carbocycles. The monoisotopic (exact) mass is 308 g/mol. The van der Waals surface area contributed by atoms with Crippen LogP contribution in [-0.4, -0.2) is 40.0 Å². The van der Waals surface area contributed by atoms with E-state index in [1.807, 2.05) is 0 Å². The van der Waals surface area contributed by atoms with E-state index in [2.05, 4.69) is 16.0 Å². The number of nitrogens with zero attached hydrogens (tertiary/aromatic N) is 4. The summed E-state index contributed by atoms with van der Waals surface area (Å²) in [5.41, 5.74) is 1.05. The highest BCUT2D eigenvalue weighted by Gasteiger charge is 2.25. The van der Waals surface area contributed by atoms with Crippen molar-refractivity contribution in [2.45, 2.75) is 18.9 Å². The van der Waals surface area contributed by atoms with Crippen LogP contribution in [-0.2, 0) is 0 Å². The van der Waals surface area contributed by atoms with E-state index in [-0.39, 0.29) is 12.0 Å². The fraction of sp³-hybridized carbons (Fsp3) is 0.294. The smallest absolute Gasteiger partial charge is 0.316 e. The molecule has 1 aliphatic heterocycles. The van der Waals surface area contributed by atoms with E-state index in [9.17, 15) is 4.79 Å². The fourth-order valence-electron chi connectivity index (χ4n) is 2.58. The van der Waals surface area contributed by atoms with E-state index in [1.54, 1.807) is 47.6 Å². The molecule has 1 fully saturated rings. The molecule has 6 heteroatoms. The zero-order valence-electron chi connectivity index (χ0n) is 12.6. The summed E-state index contributed by atoms with van der Waals surface area (Å²) >= 11 is 0. The van der Waals surface area contributed by atoms with Crippen LogP contribution in [0.2, 0.25) is 0 Å². The van der Waals surface area contributed by atoms with Crippen molar-refractivity contribution in [3.05, 3.63) is 53.9 Å². The van der Waals surface area contributed by atoms with Crippen molar-refractivity contribution in [2.24, 2.45) is 0 Å². The third kappa shape index (κ3) is 3.64. The highest BCUT2D eigenvalue weighted by atomic mass is 16.5. The van der Waals surface area contributed by atoms with E-state index < -0.39 is 0 Å². The number of aromatic nitrogens is 2. The first-order chi connectivity index (χ1) is 11.3. The van der Waals surface area contributed by atoms with Gasteiger partial charge in [-0.15, -0.1) is 0 Å². The number of hydrogen-bond donors (Lipinski definition) is 0. The molecule has 0 radical (unpaired) electrons. The number of ether oxygens (including phenoxy) is 1. The van der Waals surface area contributed by atoms with Gasteiger partial charge in [0.25, 0.3) is 5.91 Å². The van der Waals surface area contributed by atoms with Gasteiger partial charge in [-0.1, -0.05) is 6.07 Å². The highest BCUT2D eigenvalue weighted by Crippen LogP contribution is 2.18. The number of carbonyl (C=O) groups is 1. The predicted octanol–water partition coefficient (Wildman–Crippen LogP) is 2.03. The number of likely N-dealkylation sites (tertiary alicyclic amines) is 1. The van der Waals surface area contributed by atoms with Crippen molar-refractivity contribution in [1.29, 1.82) is 5.26 Å². The van der Waals surface area contributed by atoms with E-state index >= 15 is 0 Å². The van der Waals surface area contributed by atoms with Crippen molar-refractivity contribution in [3.8, 4) is 12.1 Å². The molecular weight excluding hydrogens is 292 g/mol. The Labute approximate surface area is 134 Å². The molecule has 3 rings (SSSR count). The molecule has 1 amide bonds. The van der Waals surface area contributed by atoms with Crippen molar-refractivity contribution in [3.63, 3.8) is 0 Å². The minimum absolute atomic E-state index is 0.0203. The molecule has 116 valence electrons. The van der Waals surface area contributed by atoms with Gasteiger partial charge in [-0.05, 0) is 24.3 Å². The maximum absolute atomic E-state index is 12.5. The normalized spacial score (nSPS) is 15.0. The average molecular weight is 308 g/mol. The zero-order valence-corrected chi connectivity index (χ0v) is 12.6. The average Bonchev–Trinajstić information content (AvgIpc) is 2.63. The zero-order chi connectivity index (χ0) is 16.1. The second kappa shape index (κ2) is 6.88. The number of piperidine rings is 1. The molecule has 0 bridgehead atoms. The molecule has 1 aromatic carbocycles. The minimum Gasteiger partial charge on any atom is -0.460 e. The van der Waals surface area contributed by atoms with Gasteiger partial charge in [0.05, 0.1) is 11.6 Å². The molecule has 2 heterocycles. The first-order valence-corrected chi connectivity index (χ1v) is 7.49. The lowest BCUT2D eigenvalue weighted by atomic mass is 10.1. The van der Waals surface area contributed by atoms with Crippen LogP contribution in [0.15, 0.2) is 42.7 Å². The first kappa shape index (κ1) is 15.0. The fourth-order valence-corrected chi connectivity index (χ4v) is 2.58. The molecular formula is C17H16N4O2. The molecule has 0 unspecified atom stereocenters. The summed E-state index contributed by atoms with van der Waals surface area (Å²) < 4.78 is 5.72. The summed E-state index contributed by atoms with van der Waals surface area (Å²) in [4.78, 5) is 22.4. The van der Waals surface area contributed by atoms with Crippen molar-refractivity contribution < 1.29 is 9.53 Å². The van der Waals surface area contributed by atoms with Gasteiger partial charge in [0.15, 0.2) is 0 Å².